The van der Waals surface area contributed by atoms with E-state index in [0.29, 0.717) is 17.7 Å². The Kier molecular flexibility index (Phi) is 4.02. The van der Waals surface area contributed by atoms with Crippen LogP contribution in [0.5, 0.6) is 0 Å². The van der Waals surface area contributed by atoms with E-state index in [2.05, 4.69) is 5.32 Å². The number of hydrogen-bond donors (Lipinski definition) is 2. The third-order valence-corrected chi connectivity index (χ3v) is 3.20. The fourth-order valence-electron chi connectivity index (χ4n) is 1.87. The predicted molar refractivity (Wildman–Crippen MR) is 77.9 cm³/mol. The molecule has 0 aliphatic heterocycles. The molecule has 4 heteroatoms. The maximum absolute atomic E-state index is 12.0. The fraction of sp³-hybridized carbons (Fsp3) is 0.125. The Balaban J connectivity index is 2.05. The smallest absolute Gasteiger partial charge is 0.251 e. The van der Waals surface area contributed by atoms with Gasteiger partial charge >= 0.3 is 0 Å². The van der Waals surface area contributed by atoms with Crippen molar-refractivity contribution in [2.24, 2.45) is 0 Å². The van der Waals surface area contributed by atoms with Crippen molar-refractivity contribution >= 4 is 11.6 Å². The van der Waals surface area contributed by atoms with Crippen LogP contribution < -0.4 is 11.1 Å². The van der Waals surface area contributed by atoms with Crippen molar-refractivity contribution in [3.8, 4) is 6.07 Å². The van der Waals surface area contributed by atoms with Crippen LogP contribution in [0, 0.1) is 18.3 Å². The van der Waals surface area contributed by atoms with Crippen LogP contribution in [0.2, 0.25) is 0 Å². The van der Waals surface area contributed by atoms with Gasteiger partial charge in [-0.2, -0.15) is 5.26 Å². The van der Waals surface area contributed by atoms with Gasteiger partial charge in [-0.3, -0.25) is 4.79 Å². The van der Waals surface area contributed by atoms with Crippen LogP contribution in [-0.2, 0) is 6.54 Å². The minimum atomic E-state index is -0.170. The minimum absolute atomic E-state index is 0.170. The number of carbonyl (C=O) groups is 1. The summed E-state index contributed by atoms with van der Waals surface area (Å²) in [6.07, 6.45) is 0. The van der Waals surface area contributed by atoms with E-state index in [9.17, 15) is 4.79 Å². The first kappa shape index (κ1) is 13.6. The van der Waals surface area contributed by atoms with E-state index >= 15 is 0 Å². The molecular weight excluding hydrogens is 250 g/mol. The lowest BCUT2D eigenvalue weighted by Crippen LogP contribution is -2.23. The second-order valence-corrected chi connectivity index (χ2v) is 4.50. The van der Waals surface area contributed by atoms with Crippen LogP contribution in [0.15, 0.2) is 42.5 Å². The summed E-state index contributed by atoms with van der Waals surface area (Å²) < 4.78 is 0. The van der Waals surface area contributed by atoms with E-state index in [1.54, 1.807) is 24.3 Å². The molecule has 4 nitrogen and oxygen atoms in total. The first-order valence-electron chi connectivity index (χ1n) is 6.24. The molecule has 0 aromatic heterocycles. The molecule has 100 valence electrons. The molecule has 0 heterocycles. The van der Waals surface area contributed by atoms with E-state index in [1.807, 2.05) is 31.2 Å². The highest BCUT2D eigenvalue weighted by Gasteiger charge is 2.07. The molecule has 0 aliphatic rings. The van der Waals surface area contributed by atoms with E-state index in [-0.39, 0.29) is 5.91 Å². The summed E-state index contributed by atoms with van der Waals surface area (Å²) in [5.41, 5.74) is 9.58. The number of nitrogens with two attached hydrogens (primary N) is 1. The molecule has 0 saturated carbocycles. The van der Waals surface area contributed by atoms with Gasteiger partial charge < -0.3 is 11.1 Å². The molecular formula is C16H15N3O. The molecule has 2 rings (SSSR count). The van der Waals surface area contributed by atoms with Gasteiger partial charge in [0.05, 0.1) is 11.6 Å². The van der Waals surface area contributed by atoms with Crippen molar-refractivity contribution in [2.75, 3.05) is 5.73 Å². The number of amides is 1. The van der Waals surface area contributed by atoms with Gasteiger partial charge in [-0.15, -0.1) is 0 Å². The highest BCUT2D eigenvalue weighted by Crippen LogP contribution is 2.15. The molecule has 0 radical (unpaired) electrons. The first-order valence-corrected chi connectivity index (χ1v) is 6.24. The second kappa shape index (κ2) is 5.89. The van der Waals surface area contributed by atoms with E-state index in [1.165, 1.54) is 0 Å². The Bertz CT molecular complexity index is 669. The van der Waals surface area contributed by atoms with Crippen LogP contribution >= 0.6 is 0 Å². The fourth-order valence-corrected chi connectivity index (χ4v) is 1.87. The highest BCUT2D eigenvalue weighted by molar-refractivity contribution is 5.94. The molecule has 0 unspecified atom stereocenters. The monoisotopic (exact) mass is 265 g/mol. The average molecular weight is 265 g/mol. The molecule has 0 bridgehead atoms. The van der Waals surface area contributed by atoms with Crippen molar-refractivity contribution in [3.05, 3.63) is 64.7 Å². The lowest BCUT2D eigenvalue weighted by atomic mass is 10.1. The van der Waals surface area contributed by atoms with Crippen LogP contribution in [0.4, 0.5) is 5.69 Å². The van der Waals surface area contributed by atoms with E-state index in [0.717, 1.165) is 16.8 Å². The summed E-state index contributed by atoms with van der Waals surface area (Å²) in [4.78, 5) is 12.0. The second-order valence-electron chi connectivity index (χ2n) is 4.50. The number of hydrogen-bond acceptors (Lipinski definition) is 3. The SMILES string of the molecule is Cc1c(N)cccc1CNC(=O)c1ccc(C#N)cc1. The van der Waals surface area contributed by atoms with Gasteiger partial charge in [0, 0.05) is 17.8 Å². The molecule has 3 N–H and O–H groups in total. The lowest BCUT2D eigenvalue weighted by molar-refractivity contribution is 0.0951. The quantitative estimate of drug-likeness (QED) is 0.836. The predicted octanol–water partition coefficient (Wildman–Crippen LogP) is 2.38. The highest BCUT2D eigenvalue weighted by atomic mass is 16.1. The number of rotatable bonds is 3. The van der Waals surface area contributed by atoms with Crippen molar-refractivity contribution < 1.29 is 4.79 Å². The number of nitrogens with one attached hydrogen (secondary N) is 1. The van der Waals surface area contributed by atoms with Gasteiger partial charge in [0.1, 0.15) is 0 Å². The number of nitrogens with zero attached hydrogens (tertiary/aromatic N) is 1. The first-order chi connectivity index (χ1) is 9.61. The zero-order valence-electron chi connectivity index (χ0n) is 11.2. The third-order valence-electron chi connectivity index (χ3n) is 3.20. The summed E-state index contributed by atoms with van der Waals surface area (Å²) in [7, 11) is 0. The average Bonchev–Trinajstić information content (AvgIpc) is 2.48. The molecule has 0 aliphatic carbocycles. The Morgan fingerprint density at radius 1 is 1.25 bits per heavy atom. The summed E-state index contributed by atoms with van der Waals surface area (Å²) in [6, 6.07) is 14.2. The van der Waals surface area contributed by atoms with Gasteiger partial charge in [0.2, 0.25) is 0 Å². The summed E-state index contributed by atoms with van der Waals surface area (Å²) in [5, 5.41) is 11.6. The van der Waals surface area contributed by atoms with Crippen LogP contribution in [-0.4, -0.2) is 5.91 Å². The number of nitriles is 1. The maximum Gasteiger partial charge on any atom is 0.251 e. The molecule has 0 spiro atoms. The Morgan fingerprint density at radius 2 is 1.95 bits per heavy atom. The molecule has 1 amide bonds. The van der Waals surface area contributed by atoms with Crippen molar-refractivity contribution in [3.63, 3.8) is 0 Å². The van der Waals surface area contributed by atoms with Crippen molar-refractivity contribution in [1.29, 1.82) is 5.26 Å². The third kappa shape index (κ3) is 2.96. The van der Waals surface area contributed by atoms with E-state index < -0.39 is 0 Å². The van der Waals surface area contributed by atoms with Crippen LogP contribution in [0.1, 0.15) is 27.0 Å². The largest absolute Gasteiger partial charge is 0.399 e. The van der Waals surface area contributed by atoms with Crippen LogP contribution in [0.25, 0.3) is 0 Å². The standard InChI is InChI=1S/C16H15N3O/c1-11-14(3-2-4-15(11)18)10-19-16(20)13-7-5-12(9-17)6-8-13/h2-8H,10,18H2,1H3,(H,19,20). The van der Waals surface area contributed by atoms with Gasteiger partial charge in [-0.25, -0.2) is 0 Å². The van der Waals surface area contributed by atoms with Gasteiger partial charge in [-0.05, 0) is 48.4 Å². The Hall–Kier alpha value is -2.80. The summed E-state index contributed by atoms with van der Waals surface area (Å²) in [6.45, 7) is 2.36. The van der Waals surface area contributed by atoms with Gasteiger partial charge in [0.15, 0.2) is 0 Å². The number of benzene rings is 2. The molecule has 0 atom stereocenters. The molecule has 2 aromatic rings. The number of nitrogen functional groups attached to an aromatic ring is 1. The Labute approximate surface area is 117 Å². The number of carbonyl (C=O) groups excluding carboxylic acids is 1. The van der Waals surface area contributed by atoms with Crippen LogP contribution in [0.3, 0.4) is 0 Å². The van der Waals surface area contributed by atoms with E-state index in [4.69, 9.17) is 11.0 Å². The Morgan fingerprint density at radius 3 is 2.60 bits per heavy atom. The maximum atomic E-state index is 12.0. The normalized spacial score (nSPS) is 9.80. The topological polar surface area (TPSA) is 78.9 Å². The van der Waals surface area contributed by atoms with Gasteiger partial charge in [-0.1, -0.05) is 12.1 Å². The molecule has 0 saturated heterocycles. The summed E-state index contributed by atoms with van der Waals surface area (Å²) >= 11 is 0. The lowest BCUT2D eigenvalue weighted by Gasteiger charge is -2.09. The number of anilines is 1. The summed E-state index contributed by atoms with van der Waals surface area (Å²) in [5.74, 6) is -0.170. The molecule has 2 aromatic carbocycles. The minimum Gasteiger partial charge on any atom is -0.399 e. The van der Waals surface area contributed by atoms with Gasteiger partial charge in [0.25, 0.3) is 5.91 Å². The zero-order chi connectivity index (χ0) is 14.5. The molecule has 0 fully saturated rings. The molecule has 20 heavy (non-hydrogen) atoms. The van der Waals surface area contributed by atoms with Crippen molar-refractivity contribution in [2.45, 2.75) is 13.5 Å². The van der Waals surface area contributed by atoms with Crippen molar-refractivity contribution in [1.82, 2.24) is 5.32 Å². The zero-order valence-corrected chi connectivity index (χ0v) is 11.2.